The van der Waals surface area contributed by atoms with Gasteiger partial charge in [0.1, 0.15) is 48.8 Å². The van der Waals surface area contributed by atoms with E-state index in [0.29, 0.717) is 12.8 Å². The predicted octanol–water partition coefficient (Wildman–Crippen LogP) is 7.78. The van der Waals surface area contributed by atoms with Gasteiger partial charge < -0.3 is 65.1 Å². The highest BCUT2D eigenvalue weighted by atomic mass is 16.7. The van der Waals surface area contributed by atoms with Crippen molar-refractivity contribution in [2.75, 3.05) is 19.8 Å². The summed E-state index contributed by atoms with van der Waals surface area (Å²) >= 11 is 0. The Morgan fingerprint density at radius 1 is 0.485 bits per heavy atom. The first-order chi connectivity index (χ1) is 32.1. The zero-order valence-corrected chi connectivity index (χ0v) is 41.7. The Bertz CT molecular complexity index is 1120. The molecule has 0 aromatic heterocycles. The number of carbonyl (C=O) groups excluding carboxylic acids is 1. The third-order valence-electron chi connectivity index (χ3n) is 13.8. The van der Waals surface area contributed by atoms with Crippen molar-refractivity contribution in [1.29, 1.82) is 0 Å². The molecule has 0 aromatic rings. The molecule has 14 heteroatoms. The van der Waals surface area contributed by atoms with Crippen LogP contribution in [0.3, 0.4) is 0 Å². The molecule has 66 heavy (non-hydrogen) atoms. The zero-order chi connectivity index (χ0) is 48.2. The zero-order valence-electron chi connectivity index (χ0n) is 41.7. The normalized spacial score (nSPS) is 26.7. The van der Waals surface area contributed by atoms with Gasteiger partial charge in [0.25, 0.3) is 0 Å². The number of nitrogens with one attached hydrogen (secondary N) is 1. The number of rotatable bonds is 43. The molecule has 12 atom stereocenters. The number of ether oxygens (including phenoxy) is 4. The summed E-state index contributed by atoms with van der Waals surface area (Å²) in [6.07, 6.45) is 24.7. The van der Waals surface area contributed by atoms with Crippen LogP contribution in [0.4, 0.5) is 0 Å². The number of carbonyl (C=O) groups is 1. The molecule has 2 heterocycles. The second-order valence-corrected chi connectivity index (χ2v) is 19.7. The molecular formula is C52H101NO13. The summed E-state index contributed by atoms with van der Waals surface area (Å²) in [6, 6.07) is -0.819. The molecule has 392 valence electrons. The van der Waals surface area contributed by atoms with E-state index in [9.17, 15) is 45.6 Å². The van der Waals surface area contributed by atoms with Crippen LogP contribution in [0.1, 0.15) is 232 Å². The molecular weight excluding hydrogens is 847 g/mol. The highest BCUT2D eigenvalue weighted by molar-refractivity contribution is 5.76. The summed E-state index contributed by atoms with van der Waals surface area (Å²) in [5.41, 5.74) is 0. The minimum absolute atomic E-state index is 0.217. The molecule has 0 radical (unpaired) electrons. The second kappa shape index (κ2) is 39.7. The SMILES string of the molecule is CCCCCCCCCCCCCCCCCCCCCCCCCCCCCC(O)C(COC1OC(CO)C(OC2OC(CO)C(O)C(O)C2O)C(O)C1O)NC(=O)CCCCCCC. The Hall–Kier alpha value is -1.01. The van der Waals surface area contributed by atoms with Crippen molar-refractivity contribution in [1.82, 2.24) is 5.32 Å². The Kier molecular flexibility index (Phi) is 36.7. The maximum absolute atomic E-state index is 13.0. The highest BCUT2D eigenvalue weighted by Gasteiger charge is 2.51. The van der Waals surface area contributed by atoms with Gasteiger partial charge in [0.05, 0.1) is 32.0 Å². The van der Waals surface area contributed by atoms with Crippen molar-refractivity contribution in [3.05, 3.63) is 0 Å². The third-order valence-corrected chi connectivity index (χ3v) is 13.8. The largest absolute Gasteiger partial charge is 0.394 e. The van der Waals surface area contributed by atoms with E-state index in [0.717, 1.165) is 57.8 Å². The number of aliphatic hydroxyl groups excluding tert-OH is 8. The van der Waals surface area contributed by atoms with E-state index in [1.165, 1.54) is 148 Å². The van der Waals surface area contributed by atoms with Crippen molar-refractivity contribution in [2.45, 2.75) is 306 Å². The van der Waals surface area contributed by atoms with Gasteiger partial charge in [-0.3, -0.25) is 4.79 Å². The van der Waals surface area contributed by atoms with Crippen LogP contribution in [-0.4, -0.2) is 140 Å². The molecule has 0 spiro atoms. The van der Waals surface area contributed by atoms with Gasteiger partial charge in [-0.25, -0.2) is 0 Å². The average Bonchev–Trinajstić information content (AvgIpc) is 3.31. The highest BCUT2D eigenvalue weighted by Crippen LogP contribution is 2.30. The van der Waals surface area contributed by atoms with Gasteiger partial charge in [-0.05, 0) is 12.8 Å². The number of amides is 1. The van der Waals surface area contributed by atoms with Crippen molar-refractivity contribution in [3.8, 4) is 0 Å². The third kappa shape index (κ3) is 26.3. The first-order valence-electron chi connectivity index (χ1n) is 27.3. The van der Waals surface area contributed by atoms with Crippen molar-refractivity contribution in [3.63, 3.8) is 0 Å². The first-order valence-corrected chi connectivity index (χ1v) is 27.3. The van der Waals surface area contributed by atoms with E-state index in [2.05, 4.69) is 19.2 Å². The molecule has 0 saturated carbocycles. The molecule has 14 nitrogen and oxygen atoms in total. The minimum Gasteiger partial charge on any atom is -0.394 e. The summed E-state index contributed by atoms with van der Waals surface area (Å²) in [5.74, 6) is -0.217. The molecule has 0 aromatic carbocycles. The summed E-state index contributed by atoms with van der Waals surface area (Å²) in [6.45, 7) is 2.77. The number of aliphatic hydroxyl groups is 8. The van der Waals surface area contributed by atoms with Gasteiger partial charge in [-0.2, -0.15) is 0 Å². The van der Waals surface area contributed by atoms with Crippen LogP contribution in [0.2, 0.25) is 0 Å². The Morgan fingerprint density at radius 3 is 1.29 bits per heavy atom. The number of unbranched alkanes of at least 4 members (excludes halogenated alkanes) is 30. The van der Waals surface area contributed by atoms with Crippen molar-refractivity contribution < 1.29 is 64.6 Å². The lowest BCUT2D eigenvalue weighted by Crippen LogP contribution is -2.65. The molecule has 2 saturated heterocycles. The topological polar surface area (TPSA) is 228 Å². The van der Waals surface area contributed by atoms with Crippen molar-refractivity contribution in [2.24, 2.45) is 0 Å². The van der Waals surface area contributed by atoms with Crippen LogP contribution in [0.5, 0.6) is 0 Å². The molecule has 0 aliphatic carbocycles. The maximum Gasteiger partial charge on any atom is 0.220 e. The van der Waals surface area contributed by atoms with Crippen LogP contribution in [0, 0.1) is 0 Å². The Labute approximate surface area is 400 Å². The second-order valence-electron chi connectivity index (χ2n) is 19.7. The molecule has 2 rings (SSSR count). The lowest BCUT2D eigenvalue weighted by atomic mass is 9.97. The fraction of sp³-hybridized carbons (Fsp3) is 0.981. The van der Waals surface area contributed by atoms with Crippen LogP contribution in [0.25, 0.3) is 0 Å². The van der Waals surface area contributed by atoms with Gasteiger partial charge in [-0.15, -0.1) is 0 Å². The monoisotopic (exact) mass is 948 g/mol. The summed E-state index contributed by atoms with van der Waals surface area (Å²) in [7, 11) is 0. The van der Waals surface area contributed by atoms with Crippen molar-refractivity contribution >= 4 is 5.91 Å². The minimum atomic E-state index is -1.78. The van der Waals surface area contributed by atoms with E-state index < -0.39 is 86.8 Å². The standard InChI is InChI=1S/C52H101NO13/c1-3-5-7-9-10-11-12-13-14-15-16-17-18-19-20-21-22-23-24-25-26-27-28-29-30-32-33-35-41(56)40(53-44(57)36-34-31-8-6-4-2)39-63-51-49(62)47(60)50(43(38-55)65-51)66-52-48(61)46(59)45(58)42(37-54)64-52/h40-43,45-52,54-56,58-62H,3-39H2,1-2H3,(H,53,57). The van der Waals surface area contributed by atoms with E-state index in [1.807, 2.05) is 0 Å². The summed E-state index contributed by atoms with van der Waals surface area (Å²) < 4.78 is 22.7. The number of hydrogen-bond acceptors (Lipinski definition) is 13. The first kappa shape index (κ1) is 61.1. The van der Waals surface area contributed by atoms with E-state index in [4.69, 9.17) is 18.9 Å². The lowest BCUT2D eigenvalue weighted by Gasteiger charge is -2.46. The van der Waals surface area contributed by atoms with E-state index in [1.54, 1.807) is 0 Å². The van der Waals surface area contributed by atoms with Gasteiger partial charge in [0.15, 0.2) is 12.6 Å². The van der Waals surface area contributed by atoms with E-state index in [-0.39, 0.29) is 12.5 Å². The van der Waals surface area contributed by atoms with Gasteiger partial charge in [-0.1, -0.05) is 213 Å². The molecule has 2 aliphatic rings. The Morgan fingerprint density at radius 2 is 0.864 bits per heavy atom. The molecule has 2 aliphatic heterocycles. The molecule has 2 fully saturated rings. The fourth-order valence-electron chi connectivity index (χ4n) is 9.36. The summed E-state index contributed by atoms with van der Waals surface area (Å²) in [4.78, 5) is 13.0. The van der Waals surface area contributed by atoms with Crippen LogP contribution >= 0.6 is 0 Å². The Balaban J connectivity index is 1.62. The quantitative estimate of drug-likeness (QED) is 0.0267. The average molecular weight is 948 g/mol. The predicted molar refractivity (Wildman–Crippen MR) is 259 cm³/mol. The van der Waals surface area contributed by atoms with Gasteiger partial charge in [0.2, 0.25) is 5.91 Å². The van der Waals surface area contributed by atoms with Crippen LogP contribution in [-0.2, 0) is 23.7 Å². The molecule has 1 amide bonds. The summed E-state index contributed by atoms with van der Waals surface area (Å²) in [5, 5.41) is 86.6. The smallest absolute Gasteiger partial charge is 0.220 e. The van der Waals surface area contributed by atoms with Crippen LogP contribution in [0.15, 0.2) is 0 Å². The van der Waals surface area contributed by atoms with Crippen LogP contribution < -0.4 is 5.32 Å². The number of hydrogen-bond donors (Lipinski definition) is 9. The fourth-order valence-corrected chi connectivity index (χ4v) is 9.36. The molecule has 0 bridgehead atoms. The van der Waals surface area contributed by atoms with Gasteiger partial charge in [0, 0.05) is 6.42 Å². The van der Waals surface area contributed by atoms with E-state index >= 15 is 0 Å². The van der Waals surface area contributed by atoms with Gasteiger partial charge >= 0.3 is 0 Å². The molecule has 12 unspecified atom stereocenters. The lowest BCUT2D eigenvalue weighted by molar-refractivity contribution is -0.359. The maximum atomic E-state index is 13.0. The molecule has 9 N–H and O–H groups in total.